The third-order valence-corrected chi connectivity index (χ3v) is 4.36. The lowest BCUT2D eigenvalue weighted by Gasteiger charge is -2.25. The van der Waals surface area contributed by atoms with Crippen LogP contribution < -0.4 is 10.2 Å². The number of anilines is 1. The van der Waals surface area contributed by atoms with Crippen LogP contribution in [0.3, 0.4) is 0 Å². The maximum atomic E-state index is 11.8. The highest BCUT2D eigenvalue weighted by Gasteiger charge is 2.24. The zero-order valence-electron chi connectivity index (χ0n) is 11.9. The Kier molecular flexibility index (Phi) is 4.77. The highest BCUT2D eigenvalue weighted by molar-refractivity contribution is 7.90. The van der Waals surface area contributed by atoms with Gasteiger partial charge < -0.3 is 10.2 Å². The van der Waals surface area contributed by atoms with Gasteiger partial charge in [-0.1, -0.05) is 26.0 Å². The van der Waals surface area contributed by atoms with Crippen LogP contribution in [0.2, 0.25) is 0 Å². The molecule has 6 heteroatoms. The minimum atomic E-state index is -3.51. The zero-order chi connectivity index (χ0) is 14.6. The van der Waals surface area contributed by atoms with E-state index in [-0.39, 0.29) is 4.90 Å². The fourth-order valence-electron chi connectivity index (χ4n) is 2.09. The summed E-state index contributed by atoms with van der Waals surface area (Å²) in [5.74, 6) is 0.636. The van der Waals surface area contributed by atoms with Crippen molar-refractivity contribution in [3.63, 3.8) is 0 Å². The van der Waals surface area contributed by atoms with Gasteiger partial charge in [-0.15, -0.1) is 4.40 Å². The van der Waals surface area contributed by atoms with Crippen LogP contribution in [-0.4, -0.2) is 34.4 Å². The van der Waals surface area contributed by atoms with E-state index in [1.54, 1.807) is 12.1 Å². The van der Waals surface area contributed by atoms with Gasteiger partial charge in [0.15, 0.2) is 0 Å². The van der Waals surface area contributed by atoms with E-state index in [0.717, 1.165) is 26.1 Å². The Hall–Kier alpha value is -1.40. The Balaban J connectivity index is 1.97. The highest BCUT2D eigenvalue weighted by atomic mass is 32.2. The molecule has 1 aromatic carbocycles. The van der Waals surface area contributed by atoms with Crippen molar-refractivity contribution < 1.29 is 8.42 Å². The van der Waals surface area contributed by atoms with E-state index in [9.17, 15) is 8.42 Å². The van der Waals surface area contributed by atoms with Gasteiger partial charge in [0.2, 0.25) is 0 Å². The monoisotopic (exact) mass is 295 g/mol. The number of nitrogens with zero attached hydrogens (tertiary/aromatic N) is 2. The fraction of sp³-hybridized carbons (Fsp3) is 0.500. The maximum Gasteiger partial charge on any atom is 0.285 e. The first-order chi connectivity index (χ1) is 9.50. The highest BCUT2D eigenvalue weighted by Crippen LogP contribution is 2.28. The van der Waals surface area contributed by atoms with Crippen molar-refractivity contribution in [1.82, 2.24) is 5.32 Å². The second-order valence-electron chi connectivity index (χ2n) is 5.31. The maximum absolute atomic E-state index is 11.8. The van der Waals surface area contributed by atoms with Crippen molar-refractivity contribution in [3.8, 4) is 0 Å². The molecule has 0 radical (unpaired) electrons. The van der Waals surface area contributed by atoms with Gasteiger partial charge in [-0.3, -0.25) is 0 Å². The SMILES string of the molecule is CC(C)CNCCCN1C=NS(=O)(=O)c2ccccc21. The average molecular weight is 295 g/mol. The minimum Gasteiger partial charge on any atom is -0.330 e. The number of rotatable bonds is 6. The summed E-state index contributed by atoms with van der Waals surface area (Å²) in [7, 11) is -3.51. The van der Waals surface area contributed by atoms with E-state index in [2.05, 4.69) is 23.6 Å². The first kappa shape index (κ1) is 15.0. The van der Waals surface area contributed by atoms with Crippen LogP contribution in [0.25, 0.3) is 0 Å². The summed E-state index contributed by atoms with van der Waals surface area (Å²) in [6.45, 7) is 7.01. The van der Waals surface area contributed by atoms with Crippen LogP contribution in [0, 0.1) is 5.92 Å². The molecule has 1 heterocycles. The number of nitrogens with one attached hydrogen (secondary N) is 1. The lowest BCUT2D eigenvalue weighted by molar-refractivity contribution is 0.545. The van der Waals surface area contributed by atoms with Gasteiger partial charge in [0.25, 0.3) is 10.0 Å². The van der Waals surface area contributed by atoms with Crippen molar-refractivity contribution in [2.24, 2.45) is 10.3 Å². The molecule has 20 heavy (non-hydrogen) atoms. The van der Waals surface area contributed by atoms with Crippen molar-refractivity contribution in [2.75, 3.05) is 24.5 Å². The van der Waals surface area contributed by atoms with E-state index < -0.39 is 10.0 Å². The Labute approximate surface area is 120 Å². The number of fused-ring (bicyclic) bond motifs is 1. The van der Waals surface area contributed by atoms with Gasteiger partial charge in [-0.2, -0.15) is 8.42 Å². The lowest BCUT2D eigenvalue weighted by Crippen LogP contribution is -2.30. The first-order valence-corrected chi connectivity index (χ1v) is 8.31. The molecule has 0 unspecified atom stereocenters. The average Bonchev–Trinajstić information content (AvgIpc) is 2.41. The minimum absolute atomic E-state index is 0.289. The molecule has 1 N–H and O–H groups in total. The topological polar surface area (TPSA) is 61.8 Å². The number of hydrogen-bond donors (Lipinski definition) is 1. The molecule has 0 spiro atoms. The van der Waals surface area contributed by atoms with E-state index in [1.807, 2.05) is 17.0 Å². The molecule has 2 rings (SSSR count). The smallest absolute Gasteiger partial charge is 0.285 e. The molecule has 1 aromatic rings. The van der Waals surface area contributed by atoms with Gasteiger partial charge in [-0.25, -0.2) is 0 Å². The Morgan fingerprint density at radius 2 is 2.05 bits per heavy atom. The number of hydrogen-bond acceptors (Lipinski definition) is 4. The van der Waals surface area contributed by atoms with Gasteiger partial charge in [0.1, 0.15) is 11.2 Å². The normalized spacial score (nSPS) is 16.4. The molecular formula is C14H21N3O2S. The first-order valence-electron chi connectivity index (χ1n) is 6.87. The number of benzene rings is 1. The molecule has 0 saturated heterocycles. The molecule has 0 atom stereocenters. The summed E-state index contributed by atoms with van der Waals surface area (Å²) in [5.41, 5.74) is 0.714. The molecule has 0 bridgehead atoms. The van der Waals surface area contributed by atoms with Crippen LogP contribution in [0.15, 0.2) is 33.6 Å². The summed E-state index contributed by atoms with van der Waals surface area (Å²) < 4.78 is 27.3. The van der Waals surface area contributed by atoms with Crippen molar-refractivity contribution >= 4 is 22.0 Å². The third kappa shape index (κ3) is 3.58. The third-order valence-electron chi connectivity index (χ3n) is 3.08. The number of sulfonamides is 1. The van der Waals surface area contributed by atoms with E-state index in [1.165, 1.54) is 6.34 Å². The molecule has 110 valence electrons. The van der Waals surface area contributed by atoms with Crippen molar-refractivity contribution in [1.29, 1.82) is 0 Å². The zero-order valence-corrected chi connectivity index (χ0v) is 12.7. The molecule has 0 aliphatic carbocycles. The largest absolute Gasteiger partial charge is 0.330 e. The molecule has 0 amide bonds. The molecule has 5 nitrogen and oxygen atoms in total. The standard InChI is InChI=1S/C14H21N3O2S/c1-12(2)10-15-8-5-9-17-11-16-20(18,19)14-7-4-3-6-13(14)17/h3-4,6-7,11-12,15H,5,8-10H2,1-2H3. The van der Waals surface area contributed by atoms with E-state index in [4.69, 9.17) is 0 Å². The lowest BCUT2D eigenvalue weighted by atomic mass is 10.2. The second kappa shape index (κ2) is 6.37. The van der Waals surface area contributed by atoms with Crippen LogP contribution in [-0.2, 0) is 10.0 Å². The van der Waals surface area contributed by atoms with Crippen LogP contribution in [0.1, 0.15) is 20.3 Å². The summed E-state index contributed by atoms with van der Waals surface area (Å²) in [6.07, 6.45) is 2.35. The van der Waals surface area contributed by atoms with Gasteiger partial charge in [0.05, 0.1) is 5.69 Å². The summed E-state index contributed by atoms with van der Waals surface area (Å²) >= 11 is 0. The van der Waals surface area contributed by atoms with Crippen molar-refractivity contribution in [2.45, 2.75) is 25.2 Å². The molecular weight excluding hydrogens is 274 g/mol. The van der Waals surface area contributed by atoms with E-state index >= 15 is 0 Å². The molecule has 1 aliphatic rings. The predicted octanol–water partition coefficient (Wildman–Crippen LogP) is 1.86. The van der Waals surface area contributed by atoms with Crippen molar-refractivity contribution in [3.05, 3.63) is 24.3 Å². The second-order valence-corrected chi connectivity index (χ2v) is 6.91. The summed E-state index contributed by atoms with van der Waals surface area (Å²) in [5, 5.41) is 3.38. The Bertz CT molecular complexity index is 582. The molecule has 0 aromatic heterocycles. The number of para-hydroxylation sites is 1. The molecule has 0 fully saturated rings. The quantitative estimate of drug-likeness (QED) is 0.814. The molecule has 1 aliphatic heterocycles. The Morgan fingerprint density at radius 1 is 1.30 bits per heavy atom. The van der Waals surface area contributed by atoms with Gasteiger partial charge in [0, 0.05) is 6.54 Å². The predicted molar refractivity (Wildman–Crippen MR) is 81.8 cm³/mol. The van der Waals surface area contributed by atoms with Crippen LogP contribution in [0.5, 0.6) is 0 Å². The van der Waals surface area contributed by atoms with Gasteiger partial charge >= 0.3 is 0 Å². The Morgan fingerprint density at radius 3 is 2.80 bits per heavy atom. The van der Waals surface area contributed by atoms with Crippen LogP contribution in [0.4, 0.5) is 5.69 Å². The molecule has 0 saturated carbocycles. The van der Waals surface area contributed by atoms with Gasteiger partial charge in [-0.05, 0) is 37.6 Å². The van der Waals surface area contributed by atoms with Crippen LogP contribution >= 0.6 is 0 Å². The summed E-state index contributed by atoms with van der Waals surface area (Å²) in [6, 6.07) is 6.99. The summed E-state index contributed by atoms with van der Waals surface area (Å²) in [4.78, 5) is 2.19. The van der Waals surface area contributed by atoms with E-state index in [0.29, 0.717) is 11.6 Å². The fourth-order valence-corrected chi connectivity index (χ4v) is 3.15.